The van der Waals surface area contributed by atoms with Crippen LogP contribution in [-0.4, -0.2) is 30.6 Å². The van der Waals surface area contributed by atoms with Gasteiger partial charge in [0.05, 0.1) is 0 Å². The second-order valence-corrected chi connectivity index (χ2v) is 2.79. The summed E-state index contributed by atoms with van der Waals surface area (Å²) in [6, 6.07) is 0.128. The van der Waals surface area contributed by atoms with Gasteiger partial charge in [-0.25, -0.2) is 4.79 Å². The van der Waals surface area contributed by atoms with Crippen LogP contribution in [-0.2, 0) is 0 Å². The molecule has 0 spiro atoms. The van der Waals surface area contributed by atoms with Crippen molar-refractivity contribution in [3.05, 3.63) is 0 Å². The van der Waals surface area contributed by atoms with E-state index in [2.05, 4.69) is 5.32 Å². The van der Waals surface area contributed by atoms with E-state index in [0.29, 0.717) is 0 Å². The van der Waals surface area contributed by atoms with Crippen LogP contribution in [0.4, 0.5) is 4.79 Å². The molecule has 0 saturated carbocycles. The van der Waals surface area contributed by atoms with Crippen molar-refractivity contribution in [2.75, 3.05) is 19.6 Å². The molecule has 3 nitrogen and oxygen atoms in total. The lowest BCUT2D eigenvalue weighted by Crippen LogP contribution is -2.44. The molecule has 50 valence electrons. The number of nitrogens with zero attached hydrogens (tertiary/aromatic N) is 1. The minimum absolute atomic E-state index is 0.128. The van der Waals surface area contributed by atoms with Crippen molar-refractivity contribution in [1.82, 2.24) is 10.2 Å². The van der Waals surface area contributed by atoms with Crippen molar-refractivity contribution in [2.45, 2.75) is 6.42 Å². The second kappa shape index (κ2) is 1.62. The first-order valence-electron chi connectivity index (χ1n) is 3.39. The lowest BCUT2D eigenvalue weighted by Gasteiger charge is -2.22. The van der Waals surface area contributed by atoms with Gasteiger partial charge in [0.2, 0.25) is 0 Å². The fraction of sp³-hybridized carbons (Fsp3) is 0.833. The summed E-state index contributed by atoms with van der Waals surface area (Å²) in [5.74, 6) is 0.739. The zero-order valence-electron chi connectivity index (χ0n) is 5.26. The first kappa shape index (κ1) is 5.09. The number of carbonyl (C=O) groups excluding carboxylic acids is 1. The van der Waals surface area contributed by atoms with Gasteiger partial charge in [-0.2, -0.15) is 0 Å². The van der Waals surface area contributed by atoms with E-state index in [0.717, 1.165) is 25.6 Å². The summed E-state index contributed by atoms with van der Waals surface area (Å²) in [4.78, 5) is 12.7. The van der Waals surface area contributed by atoms with Crippen LogP contribution in [0.5, 0.6) is 0 Å². The molecule has 0 aromatic carbocycles. The average Bonchev–Trinajstić information content (AvgIpc) is 2.25. The SMILES string of the molecule is O=C1NCC2CCN1C2. The number of hydrogen-bond donors (Lipinski definition) is 1. The monoisotopic (exact) mass is 126 g/mol. The standard InChI is InChI=1S/C6H10N2O/c9-6-7-3-5-1-2-8(6)4-5/h5H,1-4H2,(H,7,9). The highest BCUT2D eigenvalue weighted by molar-refractivity contribution is 5.75. The van der Waals surface area contributed by atoms with E-state index in [4.69, 9.17) is 0 Å². The molecule has 0 radical (unpaired) electrons. The van der Waals surface area contributed by atoms with Crippen molar-refractivity contribution in [3.63, 3.8) is 0 Å². The van der Waals surface area contributed by atoms with E-state index in [-0.39, 0.29) is 6.03 Å². The van der Waals surface area contributed by atoms with Gasteiger partial charge < -0.3 is 10.2 Å². The summed E-state index contributed by atoms with van der Waals surface area (Å²) in [6.45, 7) is 2.86. The fourth-order valence-electron chi connectivity index (χ4n) is 1.53. The molecular formula is C6H10N2O. The van der Waals surface area contributed by atoms with Gasteiger partial charge in [-0.1, -0.05) is 0 Å². The van der Waals surface area contributed by atoms with Crippen molar-refractivity contribution in [2.24, 2.45) is 5.92 Å². The Morgan fingerprint density at radius 1 is 1.67 bits per heavy atom. The molecule has 2 saturated heterocycles. The summed E-state index contributed by atoms with van der Waals surface area (Å²) in [5, 5.41) is 2.83. The van der Waals surface area contributed by atoms with E-state index in [1.165, 1.54) is 6.42 Å². The molecule has 0 aromatic heterocycles. The Bertz CT molecular complexity index is 146. The van der Waals surface area contributed by atoms with Crippen LogP contribution in [0.2, 0.25) is 0 Å². The van der Waals surface area contributed by atoms with Crippen LogP contribution < -0.4 is 5.32 Å². The molecule has 1 unspecified atom stereocenters. The zero-order valence-corrected chi connectivity index (χ0v) is 5.26. The van der Waals surface area contributed by atoms with E-state index in [1.807, 2.05) is 4.90 Å². The predicted molar refractivity (Wildman–Crippen MR) is 33.1 cm³/mol. The predicted octanol–water partition coefficient (Wildman–Crippen LogP) is 0.0315. The highest BCUT2D eigenvalue weighted by Gasteiger charge is 2.30. The van der Waals surface area contributed by atoms with Gasteiger partial charge in [0, 0.05) is 19.6 Å². The van der Waals surface area contributed by atoms with Crippen LogP contribution in [0.15, 0.2) is 0 Å². The Morgan fingerprint density at radius 3 is 3.33 bits per heavy atom. The van der Waals surface area contributed by atoms with E-state index in [9.17, 15) is 4.79 Å². The van der Waals surface area contributed by atoms with Gasteiger partial charge >= 0.3 is 6.03 Å². The maximum Gasteiger partial charge on any atom is 0.317 e. The van der Waals surface area contributed by atoms with Crippen LogP contribution >= 0.6 is 0 Å². The van der Waals surface area contributed by atoms with Gasteiger partial charge in [0.1, 0.15) is 0 Å². The minimum Gasteiger partial charge on any atom is -0.338 e. The summed E-state index contributed by atoms with van der Waals surface area (Å²) in [7, 11) is 0. The quantitative estimate of drug-likeness (QED) is 0.488. The van der Waals surface area contributed by atoms with Crippen molar-refractivity contribution in [3.8, 4) is 0 Å². The fourth-order valence-corrected chi connectivity index (χ4v) is 1.53. The number of hydrogen-bond acceptors (Lipinski definition) is 1. The Hall–Kier alpha value is -0.730. The Morgan fingerprint density at radius 2 is 2.56 bits per heavy atom. The van der Waals surface area contributed by atoms with Crippen LogP contribution in [0, 0.1) is 5.92 Å². The molecule has 2 aliphatic heterocycles. The first-order valence-corrected chi connectivity index (χ1v) is 3.39. The van der Waals surface area contributed by atoms with E-state index in [1.54, 1.807) is 0 Å². The van der Waals surface area contributed by atoms with Crippen LogP contribution in [0.3, 0.4) is 0 Å². The molecule has 1 N–H and O–H groups in total. The lowest BCUT2D eigenvalue weighted by molar-refractivity contribution is 0.197. The van der Waals surface area contributed by atoms with Crippen molar-refractivity contribution >= 4 is 6.03 Å². The van der Waals surface area contributed by atoms with Crippen LogP contribution in [0.1, 0.15) is 6.42 Å². The molecule has 2 bridgehead atoms. The summed E-state index contributed by atoms with van der Waals surface area (Å²) in [5.41, 5.74) is 0. The maximum atomic E-state index is 10.9. The molecule has 2 heterocycles. The Kier molecular flexibility index (Phi) is 0.917. The Balaban J connectivity index is 2.14. The molecule has 1 atom stereocenters. The topological polar surface area (TPSA) is 32.3 Å². The highest BCUT2D eigenvalue weighted by Crippen LogP contribution is 2.18. The molecular weight excluding hydrogens is 116 g/mol. The van der Waals surface area contributed by atoms with Crippen molar-refractivity contribution < 1.29 is 4.79 Å². The lowest BCUT2D eigenvalue weighted by atomic mass is 10.1. The summed E-state index contributed by atoms with van der Waals surface area (Å²) in [6.07, 6.45) is 1.19. The average molecular weight is 126 g/mol. The summed E-state index contributed by atoms with van der Waals surface area (Å²) < 4.78 is 0. The molecule has 2 aliphatic rings. The minimum atomic E-state index is 0.128. The largest absolute Gasteiger partial charge is 0.338 e. The van der Waals surface area contributed by atoms with Gasteiger partial charge in [0.15, 0.2) is 0 Å². The first-order chi connectivity index (χ1) is 4.36. The molecule has 2 fully saturated rings. The number of nitrogens with one attached hydrogen (secondary N) is 1. The highest BCUT2D eigenvalue weighted by atomic mass is 16.2. The van der Waals surface area contributed by atoms with Gasteiger partial charge in [-0.15, -0.1) is 0 Å². The number of fused-ring (bicyclic) bond motifs is 2. The van der Waals surface area contributed by atoms with E-state index >= 15 is 0 Å². The Labute approximate surface area is 54.0 Å². The number of carbonyl (C=O) groups is 1. The second-order valence-electron chi connectivity index (χ2n) is 2.79. The maximum absolute atomic E-state index is 10.9. The number of amides is 2. The molecule has 9 heavy (non-hydrogen) atoms. The molecule has 2 rings (SSSR count). The zero-order chi connectivity index (χ0) is 6.27. The third-order valence-electron chi connectivity index (χ3n) is 2.12. The van der Waals surface area contributed by atoms with E-state index < -0.39 is 0 Å². The van der Waals surface area contributed by atoms with Crippen molar-refractivity contribution in [1.29, 1.82) is 0 Å². The summed E-state index contributed by atoms with van der Waals surface area (Å²) >= 11 is 0. The molecule has 2 amide bonds. The van der Waals surface area contributed by atoms with Gasteiger partial charge in [-0.05, 0) is 12.3 Å². The molecule has 0 aliphatic carbocycles. The molecule has 3 heteroatoms. The number of rotatable bonds is 0. The normalized spacial score (nSPS) is 32.7. The number of urea groups is 1. The third-order valence-corrected chi connectivity index (χ3v) is 2.12. The van der Waals surface area contributed by atoms with Gasteiger partial charge in [0.25, 0.3) is 0 Å². The van der Waals surface area contributed by atoms with Crippen LogP contribution in [0.25, 0.3) is 0 Å². The van der Waals surface area contributed by atoms with Gasteiger partial charge in [-0.3, -0.25) is 0 Å². The smallest absolute Gasteiger partial charge is 0.317 e. The third kappa shape index (κ3) is 0.677. The molecule has 0 aromatic rings.